The summed E-state index contributed by atoms with van der Waals surface area (Å²) in [6.45, 7) is 1.43. The smallest absolute Gasteiger partial charge is 0.262 e. The van der Waals surface area contributed by atoms with Gasteiger partial charge in [0, 0.05) is 10.2 Å². The van der Waals surface area contributed by atoms with E-state index in [9.17, 15) is 13.2 Å². The number of benzene rings is 2. The zero-order valence-electron chi connectivity index (χ0n) is 12.2. The molecule has 0 atom stereocenters. The predicted octanol–water partition coefficient (Wildman–Crippen LogP) is 2.42. The van der Waals surface area contributed by atoms with Crippen LogP contribution in [0, 0.1) is 6.92 Å². The molecule has 0 radical (unpaired) electrons. The number of halogens is 1. The molecule has 0 aliphatic rings. The average Bonchev–Trinajstić information content (AvgIpc) is 2.46. The van der Waals surface area contributed by atoms with E-state index >= 15 is 0 Å². The van der Waals surface area contributed by atoms with Gasteiger partial charge in [0.15, 0.2) is 6.61 Å². The monoisotopic (exact) mass is 398 g/mol. The maximum absolute atomic E-state index is 11.9. The van der Waals surface area contributed by atoms with Crippen molar-refractivity contribution in [2.75, 3.05) is 11.9 Å². The SMILES string of the molecule is Cc1ccc(NC(=O)COc2cccc(Br)c2)cc1S(N)(=O)=O. The van der Waals surface area contributed by atoms with Gasteiger partial charge in [0.2, 0.25) is 10.0 Å². The van der Waals surface area contributed by atoms with E-state index < -0.39 is 15.9 Å². The summed E-state index contributed by atoms with van der Waals surface area (Å²) >= 11 is 3.31. The van der Waals surface area contributed by atoms with Crippen LogP contribution in [0.1, 0.15) is 5.56 Å². The molecule has 2 aromatic rings. The fourth-order valence-corrected chi connectivity index (χ4v) is 3.07. The average molecular weight is 399 g/mol. The quantitative estimate of drug-likeness (QED) is 0.807. The Morgan fingerprint density at radius 1 is 1.26 bits per heavy atom. The summed E-state index contributed by atoms with van der Waals surface area (Å²) in [4.78, 5) is 11.9. The first-order chi connectivity index (χ1) is 10.8. The van der Waals surface area contributed by atoms with Crippen LogP contribution in [0.15, 0.2) is 51.8 Å². The molecular weight excluding hydrogens is 384 g/mol. The summed E-state index contributed by atoms with van der Waals surface area (Å²) in [7, 11) is -3.84. The summed E-state index contributed by atoms with van der Waals surface area (Å²) < 4.78 is 29.1. The molecule has 0 aliphatic carbocycles. The van der Waals surface area contributed by atoms with E-state index in [0.717, 1.165) is 4.47 Å². The lowest BCUT2D eigenvalue weighted by Gasteiger charge is -2.10. The predicted molar refractivity (Wildman–Crippen MR) is 90.8 cm³/mol. The summed E-state index contributed by atoms with van der Waals surface area (Å²) in [6.07, 6.45) is 0. The summed E-state index contributed by atoms with van der Waals surface area (Å²) in [5, 5.41) is 7.71. The lowest BCUT2D eigenvalue weighted by molar-refractivity contribution is -0.118. The van der Waals surface area contributed by atoms with Crippen LogP contribution in [-0.4, -0.2) is 20.9 Å². The number of hydrogen-bond donors (Lipinski definition) is 2. The van der Waals surface area contributed by atoms with Crippen LogP contribution in [0.25, 0.3) is 0 Å². The van der Waals surface area contributed by atoms with Gasteiger partial charge >= 0.3 is 0 Å². The van der Waals surface area contributed by atoms with Crippen molar-refractivity contribution in [3.05, 3.63) is 52.5 Å². The molecule has 3 N–H and O–H groups in total. The summed E-state index contributed by atoms with van der Waals surface area (Å²) in [5.41, 5.74) is 0.846. The molecule has 0 heterocycles. The molecule has 0 aromatic heterocycles. The van der Waals surface area contributed by atoms with Gasteiger partial charge in [0.1, 0.15) is 5.75 Å². The molecule has 0 spiro atoms. The summed E-state index contributed by atoms with van der Waals surface area (Å²) in [6, 6.07) is 11.6. The van der Waals surface area contributed by atoms with Crippen LogP contribution in [0.5, 0.6) is 5.75 Å². The first-order valence-corrected chi connectivity index (χ1v) is 8.91. The maximum atomic E-state index is 11.9. The van der Waals surface area contributed by atoms with Crippen LogP contribution >= 0.6 is 15.9 Å². The van der Waals surface area contributed by atoms with E-state index in [0.29, 0.717) is 17.0 Å². The maximum Gasteiger partial charge on any atom is 0.262 e. The second-order valence-corrected chi connectivity index (χ2v) is 7.27. The Morgan fingerprint density at radius 2 is 2.00 bits per heavy atom. The minimum absolute atomic E-state index is 0.0248. The zero-order chi connectivity index (χ0) is 17.0. The fourth-order valence-electron chi connectivity index (χ4n) is 1.89. The van der Waals surface area contributed by atoms with E-state index in [1.54, 1.807) is 37.3 Å². The van der Waals surface area contributed by atoms with Gasteiger partial charge in [0.05, 0.1) is 4.90 Å². The summed E-state index contributed by atoms with van der Waals surface area (Å²) in [5.74, 6) is 0.137. The van der Waals surface area contributed by atoms with Gasteiger partial charge < -0.3 is 10.1 Å². The van der Waals surface area contributed by atoms with Crippen molar-refractivity contribution >= 4 is 37.5 Å². The number of nitrogens with two attached hydrogens (primary N) is 1. The lowest BCUT2D eigenvalue weighted by Crippen LogP contribution is -2.21. The molecular formula is C15H15BrN2O4S. The third kappa shape index (κ3) is 5.05. The van der Waals surface area contributed by atoms with Crippen LogP contribution in [-0.2, 0) is 14.8 Å². The highest BCUT2D eigenvalue weighted by Crippen LogP contribution is 2.20. The number of nitrogens with one attached hydrogen (secondary N) is 1. The molecule has 0 saturated heterocycles. The van der Waals surface area contributed by atoms with E-state index in [1.165, 1.54) is 6.07 Å². The molecule has 1 amide bonds. The highest BCUT2D eigenvalue weighted by Gasteiger charge is 2.13. The third-order valence-corrected chi connectivity index (χ3v) is 4.49. The molecule has 8 heteroatoms. The molecule has 0 unspecified atom stereocenters. The molecule has 0 aliphatic heterocycles. The zero-order valence-corrected chi connectivity index (χ0v) is 14.6. The van der Waals surface area contributed by atoms with Crippen molar-refractivity contribution in [3.63, 3.8) is 0 Å². The standard InChI is InChI=1S/C15H15BrN2O4S/c1-10-5-6-12(8-14(10)23(17,20)21)18-15(19)9-22-13-4-2-3-11(16)7-13/h2-8H,9H2,1H3,(H,18,19)(H2,17,20,21). The largest absolute Gasteiger partial charge is 0.484 e. The van der Waals surface area contributed by atoms with Crippen molar-refractivity contribution in [2.45, 2.75) is 11.8 Å². The van der Waals surface area contributed by atoms with Gasteiger partial charge in [-0.15, -0.1) is 0 Å². The van der Waals surface area contributed by atoms with Crippen molar-refractivity contribution in [2.24, 2.45) is 5.14 Å². The number of primary sulfonamides is 1. The van der Waals surface area contributed by atoms with Crippen LogP contribution in [0.4, 0.5) is 5.69 Å². The fraction of sp³-hybridized carbons (Fsp3) is 0.133. The topological polar surface area (TPSA) is 98.5 Å². The number of sulfonamides is 1. The van der Waals surface area contributed by atoms with E-state index in [2.05, 4.69) is 21.2 Å². The Hall–Kier alpha value is -1.90. The normalized spacial score (nSPS) is 11.1. The van der Waals surface area contributed by atoms with Crippen molar-refractivity contribution in [1.82, 2.24) is 0 Å². The van der Waals surface area contributed by atoms with Gasteiger partial charge in [-0.3, -0.25) is 4.79 Å². The van der Waals surface area contributed by atoms with Crippen molar-refractivity contribution < 1.29 is 17.9 Å². The van der Waals surface area contributed by atoms with Gasteiger partial charge in [-0.25, -0.2) is 13.6 Å². The minimum Gasteiger partial charge on any atom is -0.484 e. The van der Waals surface area contributed by atoms with Crippen molar-refractivity contribution in [3.8, 4) is 5.75 Å². The van der Waals surface area contributed by atoms with Gasteiger partial charge in [-0.05, 0) is 42.8 Å². The molecule has 2 aromatic carbocycles. The highest BCUT2D eigenvalue weighted by molar-refractivity contribution is 9.10. The van der Waals surface area contributed by atoms with Gasteiger partial charge in [-0.2, -0.15) is 0 Å². The molecule has 2 rings (SSSR count). The second kappa shape index (κ2) is 7.12. The number of aryl methyl sites for hydroxylation is 1. The lowest BCUT2D eigenvalue weighted by atomic mass is 10.2. The van der Waals surface area contributed by atoms with E-state index in [4.69, 9.17) is 9.88 Å². The number of rotatable bonds is 5. The minimum atomic E-state index is -3.84. The Kier molecular flexibility index (Phi) is 5.40. The Morgan fingerprint density at radius 3 is 2.65 bits per heavy atom. The first-order valence-electron chi connectivity index (χ1n) is 6.57. The molecule has 0 fully saturated rings. The number of carbonyl (C=O) groups excluding carboxylic acids is 1. The molecule has 122 valence electrons. The van der Waals surface area contributed by atoms with Crippen LogP contribution < -0.4 is 15.2 Å². The Bertz CT molecular complexity index is 837. The highest BCUT2D eigenvalue weighted by atomic mass is 79.9. The van der Waals surface area contributed by atoms with Gasteiger partial charge in [0.25, 0.3) is 5.91 Å². The van der Waals surface area contributed by atoms with Crippen molar-refractivity contribution in [1.29, 1.82) is 0 Å². The number of amides is 1. The van der Waals surface area contributed by atoms with Crippen LogP contribution in [0.3, 0.4) is 0 Å². The van der Waals surface area contributed by atoms with Gasteiger partial charge in [-0.1, -0.05) is 28.1 Å². The number of carbonyl (C=O) groups is 1. The molecule has 0 saturated carbocycles. The van der Waals surface area contributed by atoms with E-state index in [-0.39, 0.29) is 11.5 Å². The molecule has 6 nitrogen and oxygen atoms in total. The Labute approximate surface area is 142 Å². The number of anilines is 1. The number of ether oxygens (including phenoxy) is 1. The van der Waals surface area contributed by atoms with Crippen LogP contribution in [0.2, 0.25) is 0 Å². The number of hydrogen-bond acceptors (Lipinski definition) is 4. The Balaban J connectivity index is 2.03. The van der Waals surface area contributed by atoms with E-state index in [1.807, 2.05) is 6.07 Å². The molecule has 23 heavy (non-hydrogen) atoms. The molecule has 0 bridgehead atoms. The first kappa shape index (κ1) is 17.5. The third-order valence-electron chi connectivity index (χ3n) is 2.94. The second-order valence-electron chi connectivity index (χ2n) is 4.82.